The highest BCUT2D eigenvalue weighted by atomic mass is 35.5. The van der Waals surface area contributed by atoms with Crippen LogP contribution in [-0.4, -0.2) is 26.6 Å². The van der Waals surface area contributed by atoms with Gasteiger partial charge in [0.15, 0.2) is 5.82 Å². The maximum absolute atomic E-state index is 10.5. The molecule has 0 radical (unpaired) electrons. The van der Waals surface area contributed by atoms with E-state index in [1.165, 1.54) is 0 Å². The lowest BCUT2D eigenvalue weighted by molar-refractivity contribution is 0.191. The molecule has 2 heterocycles. The third-order valence-electron chi connectivity index (χ3n) is 4.09. The molecule has 0 aliphatic heterocycles. The van der Waals surface area contributed by atoms with E-state index < -0.39 is 6.10 Å². The molecule has 1 atom stereocenters. The van der Waals surface area contributed by atoms with Gasteiger partial charge in [-0.3, -0.25) is 4.98 Å². The van der Waals surface area contributed by atoms with Crippen LogP contribution in [0.4, 0.5) is 5.82 Å². The fourth-order valence-corrected chi connectivity index (χ4v) is 3.03. The molecule has 26 heavy (non-hydrogen) atoms. The van der Waals surface area contributed by atoms with Crippen LogP contribution in [0.15, 0.2) is 42.7 Å². The summed E-state index contributed by atoms with van der Waals surface area (Å²) in [4.78, 5) is 13.2. The Hall–Kier alpha value is -2.21. The third-order valence-corrected chi connectivity index (χ3v) is 4.66. The van der Waals surface area contributed by atoms with Crippen molar-refractivity contribution in [3.8, 4) is 11.4 Å². The largest absolute Gasteiger partial charge is 0.387 e. The highest BCUT2D eigenvalue weighted by molar-refractivity contribution is 6.35. The highest BCUT2D eigenvalue weighted by Gasteiger charge is 2.14. The Kier molecular flexibility index (Phi) is 5.71. The number of aliphatic hydroxyl groups is 1. The van der Waals surface area contributed by atoms with Crippen molar-refractivity contribution >= 4 is 29.0 Å². The zero-order valence-electron chi connectivity index (χ0n) is 14.4. The van der Waals surface area contributed by atoms with Crippen molar-refractivity contribution in [2.24, 2.45) is 0 Å². The van der Waals surface area contributed by atoms with Gasteiger partial charge in [-0.2, -0.15) is 0 Å². The summed E-state index contributed by atoms with van der Waals surface area (Å²) in [6.07, 6.45) is 2.63. The van der Waals surface area contributed by atoms with Crippen molar-refractivity contribution in [2.45, 2.75) is 20.0 Å². The molecule has 0 fully saturated rings. The summed E-state index contributed by atoms with van der Waals surface area (Å²) in [5.41, 5.74) is 3.23. The zero-order chi connectivity index (χ0) is 18.7. The molecule has 3 rings (SSSR count). The lowest BCUT2D eigenvalue weighted by Crippen LogP contribution is -2.15. The van der Waals surface area contributed by atoms with E-state index in [0.717, 1.165) is 16.8 Å². The van der Waals surface area contributed by atoms with Gasteiger partial charge in [-0.15, -0.1) is 0 Å². The Morgan fingerprint density at radius 2 is 1.96 bits per heavy atom. The smallest absolute Gasteiger partial charge is 0.163 e. The molecule has 2 N–H and O–H groups in total. The fourth-order valence-electron chi connectivity index (χ4n) is 2.50. The Morgan fingerprint density at radius 3 is 2.65 bits per heavy atom. The monoisotopic (exact) mass is 388 g/mol. The van der Waals surface area contributed by atoms with Gasteiger partial charge in [0.05, 0.1) is 6.10 Å². The predicted molar refractivity (Wildman–Crippen MR) is 105 cm³/mol. The first kappa shape index (κ1) is 18.6. The fraction of sp³-hybridized carbons (Fsp3) is 0.211. The van der Waals surface area contributed by atoms with E-state index in [1.54, 1.807) is 30.6 Å². The standard InChI is InChI=1S/C19H18Cl2N4O/c1-11-12(2)24-19(13-4-3-7-22-9-13)25-18(11)23-10-17(26)15-6-5-14(20)8-16(15)21/h3-9,17,26H,10H2,1-2H3,(H,23,24,25). The molecule has 0 amide bonds. The summed E-state index contributed by atoms with van der Waals surface area (Å²) >= 11 is 12.1. The minimum absolute atomic E-state index is 0.255. The van der Waals surface area contributed by atoms with Gasteiger partial charge in [-0.1, -0.05) is 29.3 Å². The molecule has 0 saturated carbocycles. The first-order valence-electron chi connectivity index (χ1n) is 8.08. The Bertz CT molecular complexity index is 919. The molecule has 134 valence electrons. The normalized spacial score (nSPS) is 12.0. The van der Waals surface area contributed by atoms with Crippen molar-refractivity contribution in [1.29, 1.82) is 0 Å². The maximum Gasteiger partial charge on any atom is 0.163 e. The highest BCUT2D eigenvalue weighted by Crippen LogP contribution is 2.27. The van der Waals surface area contributed by atoms with Crippen LogP contribution in [0, 0.1) is 13.8 Å². The lowest BCUT2D eigenvalue weighted by Gasteiger charge is -2.16. The van der Waals surface area contributed by atoms with Crippen molar-refractivity contribution < 1.29 is 5.11 Å². The number of anilines is 1. The molecule has 5 nitrogen and oxygen atoms in total. The van der Waals surface area contributed by atoms with Gasteiger partial charge < -0.3 is 10.4 Å². The second-order valence-corrected chi connectivity index (χ2v) is 6.75. The summed E-state index contributed by atoms with van der Waals surface area (Å²) in [6, 6.07) is 8.78. The summed E-state index contributed by atoms with van der Waals surface area (Å²) in [5, 5.41) is 14.6. The van der Waals surface area contributed by atoms with Gasteiger partial charge >= 0.3 is 0 Å². The van der Waals surface area contributed by atoms with Crippen molar-refractivity contribution in [3.63, 3.8) is 0 Å². The second kappa shape index (κ2) is 7.99. The lowest BCUT2D eigenvalue weighted by atomic mass is 10.1. The Labute approximate surface area is 162 Å². The molecule has 0 aliphatic carbocycles. The molecule has 0 spiro atoms. The minimum atomic E-state index is -0.795. The van der Waals surface area contributed by atoms with E-state index in [4.69, 9.17) is 23.2 Å². The molecule has 3 aromatic rings. The van der Waals surface area contributed by atoms with Crippen LogP contribution in [0.2, 0.25) is 10.0 Å². The number of benzene rings is 1. The molecule has 1 aromatic carbocycles. The molecular weight excluding hydrogens is 371 g/mol. The van der Waals surface area contributed by atoms with E-state index >= 15 is 0 Å². The summed E-state index contributed by atoms with van der Waals surface area (Å²) in [6.45, 7) is 4.12. The van der Waals surface area contributed by atoms with E-state index in [2.05, 4.69) is 20.3 Å². The molecule has 1 unspecified atom stereocenters. The number of aryl methyl sites for hydroxylation is 1. The third kappa shape index (κ3) is 4.12. The zero-order valence-corrected chi connectivity index (χ0v) is 15.9. The van der Waals surface area contributed by atoms with Crippen LogP contribution in [0.1, 0.15) is 22.9 Å². The number of aliphatic hydroxyl groups excluding tert-OH is 1. The summed E-state index contributed by atoms with van der Waals surface area (Å²) in [5.74, 6) is 1.25. The number of halogens is 2. The average molecular weight is 389 g/mol. The van der Waals surface area contributed by atoms with Crippen LogP contribution in [0.5, 0.6) is 0 Å². The van der Waals surface area contributed by atoms with Crippen LogP contribution in [0.25, 0.3) is 11.4 Å². The first-order valence-corrected chi connectivity index (χ1v) is 8.84. The quantitative estimate of drug-likeness (QED) is 0.667. The Morgan fingerprint density at radius 1 is 1.15 bits per heavy atom. The van der Waals surface area contributed by atoms with E-state index in [-0.39, 0.29) is 6.54 Å². The number of aromatic nitrogens is 3. The van der Waals surface area contributed by atoms with Gasteiger partial charge in [-0.05, 0) is 38.1 Å². The van der Waals surface area contributed by atoms with Gasteiger partial charge in [0.2, 0.25) is 0 Å². The number of nitrogens with zero attached hydrogens (tertiary/aromatic N) is 3. The summed E-state index contributed by atoms with van der Waals surface area (Å²) < 4.78 is 0. The van der Waals surface area contributed by atoms with Crippen molar-refractivity contribution in [2.75, 3.05) is 11.9 Å². The molecule has 2 aromatic heterocycles. The van der Waals surface area contributed by atoms with Crippen LogP contribution < -0.4 is 5.32 Å². The molecule has 0 bridgehead atoms. The van der Waals surface area contributed by atoms with Crippen LogP contribution in [0.3, 0.4) is 0 Å². The van der Waals surface area contributed by atoms with Crippen LogP contribution in [-0.2, 0) is 0 Å². The maximum atomic E-state index is 10.5. The number of hydrogen-bond acceptors (Lipinski definition) is 5. The van der Waals surface area contributed by atoms with Crippen LogP contribution >= 0.6 is 23.2 Å². The number of hydrogen-bond donors (Lipinski definition) is 2. The molecule has 0 aliphatic rings. The molecule has 7 heteroatoms. The second-order valence-electron chi connectivity index (χ2n) is 5.91. The predicted octanol–water partition coefficient (Wildman–Crippen LogP) is 4.61. The van der Waals surface area contributed by atoms with E-state index in [0.29, 0.717) is 27.3 Å². The minimum Gasteiger partial charge on any atom is -0.387 e. The summed E-state index contributed by atoms with van der Waals surface area (Å²) in [7, 11) is 0. The topological polar surface area (TPSA) is 70.9 Å². The number of rotatable bonds is 5. The van der Waals surface area contributed by atoms with Gasteiger partial charge in [0, 0.05) is 51.4 Å². The van der Waals surface area contributed by atoms with Crippen molar-refractivity contribution in [1.82, 2.24) is 15.0 Å². The SMILES string of the molecule is Cc1nc(-c2cccnc2)nc(NCC(O)c2ccc(Cl)cc2Cl)c1C. The molecular formula is C19H18Cl2N4O. The number of pyridine rings is 1. The number of nitrogens with one attached hydrogen (secondary N) is 1. The first-order chi connectivity index (χ1) is 12.5. The average Bonchev–Trinajstić information content (AvgIpc) is 2.63. The van der Waals surface area contributed by atoms with Gasteiger partial charge in [-0.25, -0.2) is 9.97 Å². The van der Waals surface area contributed by atoms with Crippen molar-refractivity contribution in [3.05, 3.63) is 69.6 Å². The van der Waals surface area contributed by atoms with E-state index in [1.807, 2.05) is 26.0 Å². The molecule has 0 saturated heterocycles. The Balaban J connectivity index is 1.82. The van der Waals surface area contributed by atoms with Gasteiger partial charge in [0.1, 0.15) is 5.82 Å². The van der Waals surface area contributed by atoms with Gasteiger partial charge in [0.25, 0.3) is 0 Å². The van der Waals surface area contributed by atoms with E-state index in [9.17, 15) is 5.11 Å².